The van der Waals surface area contributed by atoms with E-state index in [0.29, 0.717) is 0 Å². The molecule has 0 aliphatic rings. The maximum Gasteiger partial charge on any atom is 0.109 e. The Hall–Kier alpha value is -1.61. The molecule has 0 bridgehead atoms. The molecule has 1 N–H and O–H groups in total. The van der Waals surface area contributed by atoms with Crippen molar-refractivity contribution >= 4 is 0 Å². The third-order valence-corrected chi connectivity index (χ3v) is 2.07. The summed E-state index contributed by atoms with van der Waals surface area (Å²) in [6, 6.07) is 5.45. The molecule has 2 aromatic heterocycles. The van der Waals surface area contributed by atoms with E-state index in [0.717, 1.165) is 16.9 Å². The first-order valence-corrected chi connectivity index (χ1v) is 4.40. The van der Waals surface area contributed by atoms with Crippen molar-refractivity contribution in [2.24, 2.45) is 0 Å². The highest BCUT2D eigenvalue weighted by atomic mass is 16.3. The first-order chi connectivity index (χ1) is 6.77. The number of furan rings is 1. The number of hydrogen-bond donors (Lipinski definition) is 1. The molecule has 0 fully saturated rings. The average Bonchev–Trinajstić information content (AvgIpc) is 2.65. The summed E-state index contributed by atoms with van der Waals surface area (Å²) in [6.45, 7) is 1.85. The van der Waals surface area contributed by atoms with Crippen LogP contribution in [0.5, 0.6) is 0 Å². The number of rotatable bonds is 2. The van der Waals surface area contributed by atoms with Gasteiger partial charge in [0, 0.05) is 23.5 Å². The van der Waals surface area contributed by atoms with Gasteiger partial charge in [0.1, 0.15) is 11.9 Å². The lowest BCUT2D eigenvalue weighted by atomic mass is 10.1. The lowest BCUT2D eigenvalue weighted by molar-refractivity contribution is 0.219. The van der Waals surface area contributed by atoms with Gasteiger partial charge < -0.3 is 9.52 Å². The second-order valence-corrected chi connectivity index (χ2v) is 3.18. The highest BCUT2D eigenvalue weighted by Crippen LogP contribution is 2.22. The molecule has 0 radical (unpaired) electrons. The van der Waals surface area contributed by atoms with Crippen LogP contribution in [0.15, 0.2) is 41.3 Å². The van der Waals surface area contributed by atoms with Gasteiger partial charge in [-0.2, -0.15) is 0 Å². The Morgan fingerprint density at radius 2 is 2.29 bits per heavy atom. The molecule has 72 valence electrons. The van der Waals surface area contributed by atoms with E-state index in [-0.39, 0.29) is 0 Å². The van der Waals surface area contributed by atoms with Crippen LogP contribution in [0.4, 0.5) is 0 Å². The van der Waals surface area contributed by atoms with Crippen LogP contribution in [-0.2, 0) is 0 Å². The summed E-state index contributed by atoms with van der Waals surface area (Å²) < 4.78 is 5.13. The maximum absolute atomic E-state index is 9.91. The van der Waals surface area contributed by atoms with Crippen molar-refractivity contribution < 1.29 is 9.52 Å². The fraction of sp³-hybridized carbons (Fsp3) is 0.182. The number of nitrogens with zero attached hydrogens (tertiary/aromatic N) is 1. The smallest absolute Gasteiger partial charge is 0.109 e. The summed E-state index contributed by atoms with van der Waals surface area (Å²) in [5.74, 6) is 0.794. The van der Waals surface area contributed by atoms with Crippen molar-refractivity contribution in [1.29, 1.82) is 0 Å². The van der Waals surface area contributed by atoms with E-state index < -0.39 is 6.10 Å². The maximum atomic E-state index is 9.91. The van der Waals surface area contributed by atoms with E-state index in [9.17, 15) is 5.11 Å². The average molecular weight is 189 g/mol. The minimum absolute atomic E-state index is 0.652. The molecule has 0 saturated heterocycles. The van der Waals surface area contributed by atoms with E-state index in [1.165, 1.54) is 0 Å². The lowest BCUT2D eigenvalue weighted by Crippen LogP contribution is -1.97. The number of aromatic nitrogens is 1. The van der Waals surface area contributed by atoms with Crippen molar-refractivity contribution in [2.75, 3.05) is 0 Å². The molecule has 2 aromatic rings. The van der Waals surface area contributed by atoms with Crippen LogP contribution in [-0.4, -0.2) is 10.1 Å². The van der Waals surface area contributed by atoms with Gasteiger partial charge in [0.05, 0.1) is 6.26 Å². The van der Waals surface area contributed by atoms with E-state index in [1.54, 1.807) is 24.7 Å². The van der Waals surface area contributed by atoms with Crippen LogP contribution >= 0.6 is 0 Å². The number of hydrogen-bond acceptors (Lipinski definition) is 3. The van der Waals surface area contributed by atoms with Crippen LogP contribution in [0.3, 0.4) is 0 Å². The van der Waals surface area contributed by atoms with Crippen LogP contribution in [0.1, 0.15) is 23.0 Å². The third-order valence-electron chi connectivity index (χ3n) is 2.07. The van der Waals surface area contributed by atoms with E-state index in [2.05, 4.69) is 4.98 Å². The summed E-state index contributed by atoms with van der Waals surface area (Å²) in [7, 11) is 0. The molecule has 0 spiro atoms. The van der Waals surface area contributed by atoms with E-state index in [4.69, 9.17) is 4.42 Å². The molecule has 0 aliphatic carbocycles. The molecule has 1 atom stereocenters. The highest BCUT2D eigenvalue weighted by molar-refractivity contribution is 5.26. The van der Waals surface area contributed by atoms with Crippen molar-refractivity contribution in [2.45, 2.75) is 13.0 Å². The molecule has 0 amide bonds. The number of pyridine rings is 1. The van der Waals surface area contributed by atoms with Crippen LogP contribution in [0, 0.1) is 6.92 Å². The lowest BCUT2D eigenvalue weighted by Gasteiger charge is -2.06. The van der Waals surface area contributed by atoms with Crippen molar-refractivity contribution in [3.05, 3.63) is 53.7 Å². The molecule has 14 heavy (non-hydrogen) atoms. The summed E-state index contributed by atoms with van der Waals surface area (Å²) in [4.78, 5) is 3.95. The van der Waals surface area contributed by atoms with Crippen LogP contribution in [0.25, 0.3) is 0 Å². The largest absolute Gasteiger partial charge is 0.469 e. The minimum Gasteiger partial charge on any atom is -0.469 e. The molecule has 3 heteroatoms. The van der Waals surface area contributed by atoms with Gasteiger partial charge in [-0.3, -0.25) is 4.98 Å². The predicted molar refractivity (Wildman–Crippen MR) is 51.7 cm³/mol. The number of aliphatic hydroxyl groups excluding tert-OH is 1. The second kappa shape index (κ2) is 3.64. The zero-order chi connectivity index (χ0) is 9.97. The molecule has 2 rings (SSSR count). The topological polar surface area (TPSA) is 46.3 Å². The first-order valence-electron chi connectivity index (χ1n) is 4.40. The minimum atomic E-state index is -0.652. The first kappa shape index (κ1) is 8.97. The predicted octanol–water partition coefficient (Wildman–Crippen LogP) is 2.06. The number of aliphatic hydroxyl groups is 1. The van der Waals surface area contributed by atoms with Crippen molar-refractivity contribution in [3.63, 3.8) is 0 Å². The second-order valence-electron chi connectivity index (χ2n) is 3.18. The zero-order valence-corrected chi connectivity index (χ0v) is 7.84. The van der Waals surface area contributed by atoms with E-state index >= 15 is 0 Å². The normalized spacial score (nSPS) is 12.7. The Kier molecular flexibility index (Phi) is 2.33. The SMILES string of the molecule is Cc1cc(C(O)c2cccnc2)co1. The Bertz CT molecular complexity index is 408. The Morgan fingerprint density at radius 1 is 1.43 bits per heavy atom. The zero-order valence-electron chi connectivity index (χ0n) is 7.84. The molecule has 0 aliphatic heterocycles. The third kappa shape index (κ3) is 1.67. The van der Waals surface area contributed by atoms with Crippen molar-refractivity contribution in [1.82, 2.24) is 4.98 Å². The molecule has 2 heterocycles. The van der Waals surface area contributed by atoms with Crippen LogP contribution < -0.4 is 0 Å². The van der Waals surface area contributed by atoms with Crippen molar-refractivity contribution in [3.8, 4) is 0 Å². The summed E-state index contributed by atoms with van der Waals surface area (Å²) in [5.41, 5.74) is 1.53. The monoisotopic (exact) mass is 189 g/mol. The molecular formula is C11H11NO2. The van der Waals surface area contributed by atoms with Gasteiger partial charge in [-0.25, -0.2) is 0 Å². The molecule has 1 unspecified atom stereocenters. The highest BCUT2D eigenvalue weighted by Gasteiger charge is 2.12. The van der Waals surface area contributed by atoms with Gasteiger partial charge in [0.25, 0.3) is 0 Å². The fourth-order valence-corrected chi connectivity index (χ4v) is 1.34. The number of aryl methyl sites for hydroxylation is 1. The van der Waals surface area contributed by atoms with Gasteiger partial charge in [-0.1, -0.05) is 6.07 Å². The van der Waals surface area contributed by atoms with Gasteiger partial charge >= 0.3 is 0 Å². The Labute approximate surface area is 82.0 Å². The Morgan fingerprint density at radius 3 is 2.86 bits per heavy atom. The van der Waals surface area contributed by atoms with Gasteiger partial charge in [-0.15, -0.1) is 0 Å². The van der Waals surface area contributed by atoms with Gasteiger partial charge in [-0.05, 0) is 19.1 Å². The fourth-order valence-electron chi connectivity index (χ4n) is 1.34. The standard InChI is InChI=1S/C11H11NO2/c1-8-5-10(7-14-8)11(13)9-3-2-4-12-6-9/h2-7,11,13H,1H3. The molecular weight excluding hydrogens is 178 g/mol. The summed E-state index contributed by atoms with van der Waals surface area (Å²) >= 11 is 0. The van der Waals surface area contributed by atoms with Crippen LogP contribution in [0.2, 0.25) is 0 Å². The summed E-state index contributed by atoms with van der Waals surface area (Å²) in [6.07, 6.45) is 4.23. The Balaban J connectivity index is 2.29. The van der Waals surface area contributed by atoms with Gasteiger partial charge in [0.15, 0.2) is 0 Å². The van der Waals surface area contributed by atoms with Gasteiger partial charge in [0.2, 0.25) is 0 Å². The quantitative estimate of drug-likeness (QED) is 0.786. The summed E-state index contributed by atoms with van der Waals surface area (Å²) in [5, 5.41) is 9.91. The van der Waals surface area contributed by atoms with E-state index in [1.807, 2.05) is 19.1 Å². The molecule has 0 saturated carbocycles. The molecule has 3 nitrogen and oxygen atoms in total. The molecule has 0 aromatic carbocycles.